The van der Waals surface area contributed by atoms with Crippen LogP contribution < -0.4 is 11.4 Å². The minimum Gasteiger partial charge on any atom is -0.383 e. The van der Waals surface area contributed by atoms with E-state index in [9.17, 15) is 4.79 Å². The van der Waals surface area contributed by atoms with Crippen LogP contribution in [0, 0.1) is 5.41 Å². The molecule has 1 aromatic heterocycles. The highest BCUT2D eigenvalue weighted by Crippen LogP contribution is 2.52. The van der Waals surface area contributed by atoms with Gasteiger partial charge in [0.05, 0.1) is 5.69 Å². The lowest BCUT2D eigenvalue weighted by Gasteiger charge is -2.29. The zero-order chi connectivity index (χ0) is 13.8. The summed E-state index contributed by atoms with van der Waals surface area (Å²) in [5.74, 6) is 0.498. The van der Waals surface area contributed by atoms with Crippen LogP contribution in [0.3, 0.4) is 0 Å². The summed E-state index contributed by atoms with van der Waals surface area (Å²) in [6, 6.07) is 8.12. The van der Waals surface area contributed by atoms with Gasteiger partial charge in [0.1, 0.15) is 5.82 Å². The third kappa shape index (κ3) is 1.67. The Morgan fingerprint density at radius 3 is 2.63 bits per heavy atom. The number of aromatic amines is 1. The Bertz CT molecular complexity index is 710. The molecule has 4 heteroatoms. The van der Waals surface area contributed by atoms with Crippen LogP contribution in [0.15, 0.2) is 29.1 Å². The van der Waals surface area contributed by atoms with E-state index in [0.717, 1.165) is 16.8 Å². The monoisotopic (exact) mass is 255 g/mol. The van der Waals surface area contributed by atoms with Crippen LogP contribution in [0.1, 0.15) is 37.8 Å². The van der Waals surface area contributed by atoms with E-state index >= 15 is 0 Å². The number of anilines is 1. The van der Waals surface area contributed by atoms with Gasteiger partial charge in [-0.05, 0) is 11.0 Å². The van der Waals surface area contributed by atoms with Crippen molar-refractivity contribution in [1.29, 1.82) is 0 Å². The molecule has 0 spiro atoms. The number of hydrogen-bond acceptors (Lipinski definition) is 3. The number of nitrogens with one attached hydrogen (secondary N) is 1. The van der Waals surface area contributed by atoms with Crippen molar-refractivity contribution in [2.75, 3.05) is 5.73 Å². The Labute approximate surface area is 111 Å². The molecule has 1 heterocycles. The average Bonchev–Trinajstić information content (AvgIpc) is 2.64. The highest BCUT2D eigenvalue weighted by molar-refractivity contribution is 5.79. The molecule has 0 aliphatic heterocycles. The molecular formula is C15H17N3O. The smallest absolute Gasteiger partial charge is 0.347 e. The number of H-pyrrole nitrogens is 1. The molecule has 98 valence electrons. The van der Waals surface area contributed by atoms with Gasteiger partial charge in [0.25, 0.3) is 0 Å². The fraction of sp³-hybridized carbons (Fsp3) is 0.333. The van der Waals surface area contributed by atoms with Gasteiger partial charge in [-0.15, -0.1) is 0 Å². The number of fused-ring (bicyclic) bond motifs is 3. The molecule has 2 aromatic rings. The SMILES string of the molecule is CC(C)(C)C1c2ccccc2-c2[nH]c(=O)nc(N)c21. The lowest BCUT2D eigenvalue weighted by atomic mass is 9.75. The molecule has 0 saturated heterocycles. The summed E-state index contributed by atoms with van der Waals surface area (Å²) in [6.45, 7) is 6.52. The summed E-state index contributed by atoms with van der Waals surface area (Å²) in [7, 11) is 0. The lowest BCUT2D eigenvalue weighted by molar-refractivity contribution is 0.363. The number of nitrogen functional groups attached to an aromatic ring is 1. The van der Waals surface area contributed by atoms with Crippen molar-refractivity contribution < 1.29 is 0 Å². The van der Waals surface area contributed by atoms with Crippen LogP contribution in [-0.4, -0.2) is 9.97 Å². The van der Waals surface area contributed by atoms with Crippen LogP contribution >= 0.6 is 0 Å². The van der Waals surface area contributed by atoms with Gasteiger partial charge in [-0.25, -0.2) is 4.79 Å². The van der Waals surface area contributed by atoms with E-state index in [1.54, 1.807) is 0 Å². The average molecular weight is 255 g/mol. The van der Waals surface area contributed by atoms with Crippen molar-refractivity contribution in [3.63, 3.8) is 0 Å². The van der Waals surface area contributed by atoms with Crippen molar-refractivity contribution in [2.24, 2.45) is 5.41 Å². The third-order valence-corrected chi connectivity index (χ3v) is 3.70. The van der Waals surface area contributed by atoms with Crippen LogP contribution in [0.5, 0.6) is 0 Å². The van der Waals surface area contributed by atoms with Crippen molar-refractivity contribution in [3.05, 3.63) is 45.9 Å². The Kier molecular flexibility index (Phi) is 2.33. The van der Waals surface area contributed by atoms with Gasteiger partial charge in [0.15, 0.2) is 0 Å². The number of nitrogens with two attached hydrogens (primary N) is 1. The van der Waals surface area contributed by atoms with Gasteiger partial charge < -0.3 is 10.7 Å². The molecule has 3 rings (SSSR count). The largest absolute Gasteiger partial charge is 0.383 e. The van der Waals surface area contributed by atoms with Crippen molar-refractivity contribution in [3.8, 4) is 11.3 Å². The van der Waals surface area contributed by atoms with E-state index < -0.39 is 0 Å². The second-order valence-electron chi connectivity index (χ2n) is 6.10. The van der Waals surface area contributed by atoms with Crippen LogP contribution in [0.4, 0.5) is 5.82 Å². The molecule has 1 aromatic carbocycles. The predicted octanol–water partition coefficient (Wildman–Crippen LogP) is 2.51. The number of hydrogen-bond donors (Lipinski definition) is 2. The molecule has 0 radical (unpaired) electrons. The molecule has 0 fully saturated rings. The normalized spacial score (nSPS) is 17.1. The Morgan fingerprint density at radius 1 is 1.26 bits per heavy atom. The second-order valence-corrected chi connectivity index (χ2v) is 6.10. The molecule has 3 N–H and O–H groups in total. The first-order valence-corrected chi connectivity index (χ1v) is 6.38. The van der Waals surface area contributed by atoms with E-state index in [-0.39, 0.29) is 17.0 Å². The summed E-state index contributed by atoms with van der Waals surface area (Å²) in [5.41, 5.74) is 9.68. The number of aromatic nitrogens is 2. The molecule has 1 aliphatic rings. The summed E-state index contributed by atoms with van der Waals surface area (Å²) in [4.78, 5) is 18.3. The van der Waals surface area contributed by atoms with Crippen molar-refractivity contribution in [2.45, 2.75) is 26.7 Å². The molecule has 1 atom stereocenters. The summed E-state index contributed by atoms with van der Waals surface area (Å²) in [6.07, 6.45) is 0. The fourth-order valence-electron chi connectivity index (χ4n) is 3.04. The summed E-state index contributed by atoms with van der Waals surface area (Å²) >= 11 is 0. The standard InChI is InChI=1S/C15H17N3O/c1-15(2,3)11-8-6-4-5-7-9(8)12-10(11)13(16)18-14(19)17-12/h4-7,11H,1-3H3,(H3,16,17,18,19). The highest BCUT2D eigenvalue weighted by Gasteiger charge is 2.39. The van der Waals surface area contributed by atoms with Crippen LogP contribution in [-0.2, 0) is 0 Å². The number of rotatable bonds is 0. The minimum atomic E-state index is -0.388. The van der Waals surface area contributed by atoms with E-state index in [0.29, 0.717) is 5.82 Å². The molecule has 0 saturated carbocycles. The van der Waals surface area contributed by atoms with Gasteiger partial charge in [0.2, 0.25) is 0 Å². The van der Waals surface area contributed by atoms with Crippen molar-refractivity contribution in [1.82, 2.24) is 9.97 Å². The summed E-state index contributed by atoms with van der Waals surface area (Å²) in [5, 5.41) is 0. The lowest BCUT2D eigenvalue weighted by Crippen LogP contribution is -2.21. The van der Waals surface area contributed by atoms with Gasteiger partial charge in [-0.1, -0.05) is 45.0 Å². The Hall–Kier alpha value is -2.10. The number of nitrogens with zero attached hydrogens (tertiary/aromatic N) is 1. The predicted molar refractivity (Wildman–Crippen MR) is 76.0 cm³/mol. The van der Waals surface area contributed by atoms with E-state index in [1.807, 2.05) is 18.2 Å². The third-order valence-electron chi connectivity index (χ3n) is 3.70. The van der Waals surface area contributed by atoms with Gasteiger partial charge >= 0.3 is 5.69 Å². The zero-order valence-electron chi connectivity index (χ0n) is 11.3. The maximum absolute atomic E-state index is 11.6. The maximum atomic E-state index is 11.6. The highest BCUT2D eigenvalue weighted by atomic mass is 16.1. The molecular weight excluding hydrogens is 238 g/mol. The molecule has 1 aliphatic carbocycles. The fourth-order valence-corrected chi connectivity index (χ4v) is 3.04. The number of benzene rings is 1. The topological polar surface area (TPSA) is 71.8 Å². The minimum absolute atomic E-state index is 0.00932. The van der Waals surface area contributed by atoms with Gasteiger partial charge in [0, 0.05) is 17.0 Å². The first-order chi connectivity index (χ1) is 8.89. The molecule has 19 heavy (non-hydrogen) atoms. The first kappa shape index (κ1) is 12.0. The van der Waals surface area contributed by atoms with E-state index in [2.05, 4.69) is 36.8 Å². The summed E-state index contributed by atoms with van der Waals surface area (Å²) < 4.78 is 0. The zero-order valence-corrected chi connectivity index (χ0v) is 11.3. The Balaban J connectivity index is 2.41. The molecule has 0 amide bonds. The quantitative estimate of drug-likeness (QED) is 0.759. The van der Waals surface area contributed by atoms with E-state index in [1.165, 1.54) is 5.56 Å². The van der Waals surface area contributed by atoms with Crippen molar-refractivity contribution >= 4 is 5.82 Å². The molecule has 1 unspecified atom stereocenters. The second kappa shape index (κ2) is 3.70. The molecule has 4 nitrogen and oxygen atoms in total. The van der Waals surface area contributed by atoms with Crippen LogP contribution in [0.25, 0.3) is 11.3 Å². The van der Waals surface area contributed by atoms with Gasteiger partial charge in [-0.3, -0.25) is 0 Å². The molecule has 0 bridgehead atoms. The Morgan fingerprint density at radius 2 is 1.95 bits per heavy atom. The van der Waals surface area contributed by atoms with E-state index in [4.69, 9.17) is 5.73 Å². The maximum Gasteiger partial charge on any atom is 0.347 e. The van der Waals surface area contributed by atoms with Crippen LogP contribution in [0.2, 0.25) is 0 Å². The first-order valence-electron chi connectivity index (χ1n) is 6.38. The van der Waals surface area contributed by atoms with Gasteiger partial charge in [-0.2, -0.15) is 4.98 Å².